The van der Waals surface area contributed by atoms with Crippen molar-refractivity contribution in [2.45, 2.75) is 16.0 Å². The Morgan fingerprint density at radius 3 is 2.16 bits per heavy atom. The second kappa shape index (κ2) is 5.35. The minimum absolute atomic E-state index is 0.0802. The third-order valence-electron chi connectivity index (χ3n) is 2.37. The average Bonchev–Trinajstić information content (AvgIpc) is 2.33. The van der Waals surface area contributed by atoms with Gasteiger partial charge in [0, 0.05) is 15.5 Å². The number of rotatable bonds is 2. The van der Waals surface area contributed by atoms with Crippen molar-refractivity contribution in [3.8, 4) is 0 Å². The van der Waals surface area contributed by atoms with Crippen molar-refractivity contribution < 1.29 is 13.2 Å². The van der Waals surface area contributed by atoms with Gasteiger partial charge in [-0.2, -0.15) is 13.2 Å². The molecule has 0 saturated carbocycles. The van der Waals surface area contributed by atoms with Crippen molar-refractivity contribution in [3.05, 3.63) is 53.1 Å². The second-order valence-corrected chi connectivity index (χ2v) is 5.34. The minimum Gasteiger partial charge on any atom is -0.399 e. The van der Waals surface area contributed by atoms with Crippen LogP contribution in [0, 0.1) is 0 Å². The molecule has 0 aliphatic heterocycles. The average molecular weight is 304 g/mol. The molecule has 19 heavy (non-hydrogen) atoms. The maximum atomic E-state index is 12.5. The maximum Gasteiger partial charge on any atom is 0.416 e. The molecule has 0 atom stereocenters. The highest BCUT2D eigenvalue weighted by Crippen LogP contribution is 2.37. The molecule has 0 aliphatic rings. The third kappa shape index (κ3) is 3.58. The smallest absolute Gasteiger partial charge is 0.399 e. The van der Waals surface area contributed by atoms with Gasteiger partial charge in [-0.05, 0) is 42.5 Å². The molecule has 0 unspecified atom stereocenters. The standard InChI is InChI=1S/C13H9ClF3NS/c14-11-7-8(13(15,16)17)1-6-12(11)19-10-4-2-9(18)3-5-10/h1-7H,18H2. The molecule has 100 valence electrons. The van der Waals surface area contributed by atoms with Crippen LogP contribution in [-0.4, -0.2) is 0 Å². The first-order valence-corrected chi connectivity index (χ1v) is 6.46. The summed E-state index contributed by atoms with van der Waals surface area (Å²) >= 11 is 7.16. The van der Waals surface area contributed by atoms with Gasteiger partial charge in [-0.25, -0.2) is 0 Å². The first-order chi connectivity index (χ1) is 8.86. The Labute approximate surface area is 117 Å². The molecule has 0 aromatic heterocycles. The fourth-order valence-electron chi connectivity index (χ4n) is 1.42. The first-order valence-electron chi connectivity index (χ1n) is 5.26. The largest absolute Gasteiger partial charge is 0.416 e. The lowest BCUT2D eigenvalue weighted by atomic mass is 10.2. The Hall–Kier alpha value is -1.33. The van der Waals surface area contributed by atoms with E-state index in [1.165, 1.54) is 17.8 Å². The van der Waals surface area contributed by atoms with E-state index in [9.17, 15) is 13.2 Å². The van der Waals surface area contributed by atoms with Crippen LogP contribution in [0.15, 0.2) is 52.3 Å². The van der Waals surface area contributed by atoms with Crippen molar-refractivity contribution in [1.82, 2.24) is 0 Å². The van der Waals surface area contributed by atoms with Gasteiger partial charge in [-0.3, -0.25) is 0 Å². The number of hydrogen-bond acceptors (Lipinski definition) is 2. The predicted octanol–water partition coefficient (Wildman–Crippen LogP) is 5.09. The molecule has 0 amide bonds. The summed E-state index contributed by atoms with van der Waals surface area (Å²) in [4.78, 5) is 1.43. The van der Waals surface area contributed by atoms with E-state index in [-0.39, 0.29) is 5.02 Å². The third-order valence-corrected chi connectivity index (χ3v) is 3.88. The molecule has 0 heterocycles. The molecular formula is C13H9ClF3NS. The normalized spacial score (nSPS) is 11.6. The van der Waals surface area contributed by atoms with Crippen LogP contribution in [0.5, 0.6) is 0 Å². The van der Waals surface area contributed by atoms with Crippen LogP contribution < -0.4 is 5.73 Å². The lowest BCUT2D eigenvalue weighted by Gasteiger charge is -2.09. The molecule has 0 radical (unpaired) electrons. The summed E-state index contributed by atoms with van der Waals surface area (Å²) in [5, 5.41) is 0.0802. The van der Waals surface area contributed by atoms with Gasteiger partial charge >= 0.3 is 6.18 Å². The number of halogens is 4. The lowest BCUT2D eigenvalue weighted by molar-refractivity contribution is -0.137. The van der Waals surface area contributed by atoms with Gasteiger partial charge in [0.15, 0.2) is 0 Å². The Morgan fingerprint density at radius 1 is 1.00 bits per heavy atom. The highest BCUT2D eigenvalue weighted by Gasteiger charge is 2.30. The summed E-state index contributed by atoms with van der Waals surface area (Å²) in [6.07, 6.45) is -4.38. The van der Waals surface area contributed by atoms with Crippen molar-refractivity contribution in [2.75, 3.05) is 5.73 Å². The zero-order chi connectivity index (χ0) is 14.0. The molecule has 2 N–H and O–H groups in total. The molecule has 0 spiro atoms. The highest BCUT2D eigenvalue weighted by molar-refractivity contribution is 7.99. The van der Waals surface area contributed by atoms with Crippen molar-refractivity contribution in [1.29, 1.82) is 0 Å². The SMILES string of the molecule is Nc1ccc(Sc2ccc(C(F)(F)F)cc2Cl)cc1. The fourth-order valence-corrected chi connectivity index (χ4v) is 2.54. The topological polar surface area (TPSA) is 26.0 Å². The maximum absolute atomic E-state index is 12.5. The number of benzene rings is 2. The van der Waals surface area contributed by atoms with Gasteiger partial charge in [0.1, 0.15) is 0 Å². The van der Waals surface area contributed by atoms with Gasteiger partial charge < -0.3 is 5.73 Å². The van der Waals surface area contributed by atoms with E-state index in [0.717, 1.165) is 17.0 Å². The Bertz CT molecular complexity index is 581. The first kappa shape index (κ1) is 14.1. The highest BCUT2D eigenvalue weighted by atomic mass is 35.5. The van der Waals surface area contributed by atoms with E-state index in [1.807, 2.05) is 0 Å². The summed E-state index contributed by atoms with van der Waals surface area (Å²) in [7, 11) is 0. The van der Waals surface area contributed by atoms with Gasteiger partial charge in [-0.1, -0.05) is 23.4 Å². The minimum atomic E-state index is -4.38. The van der Waals surface area contributed by atoms with E-state index in [2.05, 4.69) is 0 Å². The van der Waals surface area contributed by atoms with E-state index in [0.29, 0.717) is 10.6 Å². The summed E-state index contributed by atoms with van der Waals surface area (Å²) in [6.45, 7) is 0. The molecule has 2 aromatic carbocycles. The zero-order valence-corrected chi connectivity index (χ0v) is 11.1. The molecule has 0 saturated heterocycles. The quantitative estimate of drug-likeness (QED) is 0.782. The molecule has 1 nitrogen and oxygen atoms in total. The van der Waals surface area contributed by atoms with Crippen LogP contribution in [0.2, 0.25) is 5.02 Å². The number of nitrogens with two attached hydrogens (primary N) is 1. The van der Waals surface area contributed by atoms with E-state index < -0.39 is 11.7 Å². The molecular weight excluding hydrogens is 295 g/mol. The number of alkyl halides is 3. The van der Waals surface area contributed by atoms with Gasteiger partial charge in [0.2, 0.25) is 0 Å². The summed E-state index contributed by atoms with van der Waals surface area (Å²) in [5.41, 5.74) is 5.43. The summed E-state index contributed by atoms with van der Waals surface area (Å²) < 4.78 is 37.5. The predicted molar refractivity (Wildman–Crippen MR) is 71.4 cm³/mol. The van der Waals surface area contributed by atoms with Gasteiger partial charge in [0.25, 0.3) is 0 Å². The molecule has 0 fully saturated rings. The number of anilines is 1. The van der Waals surface area contributed by atoms with Crippen molar-refractivity contribution in [3.63, 3.8) is 0 Å². The fraction of sp³-hybridized carbons (Fsp3) is 0.0769. The van der Waals surface area contributed by atoms with Crippen molar-refractivity contribution in [2.24, 2.45) is 0 Å². The van der Waals surface area contributed by atoms with E-state index in [1.54, 1.807) is 24.3 Å². The monoisotopic (exact) mass is 303 g/mol. The van der Waals surface area contributed by atoms with E-state index >= 15 is 0 Å². The van der Waals surface area contributed by atoms with Crippen LogP contribution >= 0.6 is 23.4 Å². The molecule has 2 aromatic rings. The Balaban J connectivity index is 2.24. The summed E-state index contributed by atoms with van der Waals surface area (Å²) in [6, 6.07) is 10.3. The second-order valence-electron chi connectivity index (χ2n) is 3.81. The van der Waals surface area contributed by atoms with Crippen LogP contribution in [0.3, 0.4) is 0 Å². The number of nitrogen functional groups attached to an aromatic ring is 1. The Kier molecular flexibility index (Phi) is 3.96. The van der Waals surface area contributed by atoms with Crippen LogP contribution in [-0.2, 0) is 6.18 Å². The van der Waals surface area contributed by atoms with Gasteiger partial charge in [0.05, 0.1) is 10.6 Å². The summed E-state index contributed by atoms with van der Waals surface area (Å²) in [5.74, 6) is 0. The van der Waals surface area contributed by atoms with Crippen molar-refractivity contribution >= 4 is 29.1 Å². The number of hydrogen-bond donors (Lipinski definition) is 1. The molecule has 6 heteroatoms. The van der Waals surface area contributed by atoms with E-state index in [4.69, 9.17) is 17.3 Å². The van der Waals surface area contributed by atoms with Gasteiger partial charge in [-0.15, -0.1) is 0 Å². The van der Waals surface area contributed by atoms with Crippen LogP contribution in [0.4, 0.5) is 18.9 Å². The molecule has 2 rings (SSSR count). The molecule has 0 aliphatic carbocycles. The zero-order valence-electron chi connectivity index (χ0n) is 9.54. The van der Waals surface area contributed by atoms with Crippen LogP contribution in [0.1, 0.15) is 5.56 Å². The van der Waals surface area contributed by atoms with Crippen LogP contribution in [0.25, 0.3) is 0 Å². The lowest BCUT2D eigenvalue weighted by Crippen LogP contribution is -2.04. The Morgan fingerprint density at radius 2 is 1.63 bits per heavy atom. The molecule has 0 bridgehead atoms.